The second kappa shape index (κ2) is 3.95. The monoisotopic (exact) mass is 185 g/mol. The van der Waals surface area contributed by atoms with Gasteiger partial charge in [0, 0.05) is 12.1 Å². The summed E-state index contributed by atoms with van der Waals surface area (Å²) in [6.07, 6.45) is 4.20. The molecule has 1 heterocycles. The molecule has 2 rings (SSSR count). The van der Waals surface area contributed by atoms with Crippen molar-refractivity contribution >= 4 is 0 Å². The van der Waals surface area contributed by atoms with Crippen LogP contribution in [0, 0.1) is 0 Å². The molecule has 0 spiro atoms. The van der Waals surface area contributed by atoms with Gasteiger partial charge in [0.15, 0.2) is 0 Å². The zero-order valence-corrected chi connectivity index (χ0v) is 8.53. The summed E-state index contributed by atoms with van der Waals surface area (Å²) in [7, 11) is 0. The molecule has 0 N–H and O–H groups in total. The molecule has 0 bridgehead atoms. The molecule has 0 aromatic rings. The predicted molar refractivity (Wildman–Crippen MR) is 50.3 cm³/mol. The lowest BCUT2D eigenvalue weighted by Gasteiger charge is -2.31. The minimum Gasteiger partial charge on any atom is -0.350 e. The maximum absolute atomic E-state index is 5.64. The van der Waals surface area contributed by atoms with Crippen molar-refractivity contribution in [2.24, 2.45) is 0 Å². The second-order valence-electron chi connectivity index (χ2n) is 4.26. The summed E-state index contributed by atoms with van der Waals surface area (Å²) in [6.45, 7) is 5.66. The molecule has 0 radical (unpaired) electrons. The van der Waals surface area contributed by atoms with E-state index in [1.807, 2.05) is 0 Å². The Morgan fingerprint density at radius 2 is 2.15 bits per heavy atom. The molecule has 2 atom stereocenters. The van der Waals surface area contributed by atoms with Gasteiger partial charge in [-0.3, -0.25) is 4.90 Å². The quantitative estimate of drug-likeness (QED) is 0.619. The van der Waals surface area contributed by atoms with Crippen LogP contribution in [0.2, 0.25) is 0 Å². The van der Waals surface area contributed by atoms with E-state index >= 15 is 0 Å². The first-order valence-corrected chi connectivity index (χ1v) is 5.24. The van der Waals surface area contributed by atoms with Crippen LogP contribution in [-0.2, 0) is 9.47 Å². The summed E-state index contributed by atoms with van der Waals surface area (Å²) < 4.78 is 11.1. The van der Waals surface area contributed by atoms with Crippen LogP contribution < -0.4 is 0 Å². The van der Waals surface area contributed by atoms with Crippen molar-refractivity contribution < 1.29 is 9.47 Å². The van der Waals surface area contributed by atoms with Gasteiger partial charge in [-0.15, -0.1) is 0 Å². The molecular formula is C10H19NO2. The maximum atomic E-state index is 5.64. The average molecular weight is 185 g/mol. The molecule has 0 aromatic heterocycles. The van der Waals surface area contributed by atoms with Crippen LogP contribution in [-0.4, -0.2) is 36.6 Å². The van der Waals surface area contributed by atoms with Crippen LogP contribution in [0.15, 0.2) is 0 Å². The molecule has 1 aliphatic heterocycles. The first kappa shape index (κ1) is 9.44. The Hall–Kier alpha value is -0.120. The third-order valence-corrected chi connectivity index (χ3v) is 3.11. The molecule has 1 saturated heterocycles. The minimum absolute atomic E-state index is 0.421. The van der Waals surface area contributed by atoms with E-state index in [0.29, 0.717) is 25.0 Å². The molecule has 2 aliphatic rings. The van der Waals surface area contributed by atoms with Crippen molar-refractivity contribution in [1.29, 1.82) is 0 Å². The highest BCUT2D eigenvalue weighted by Gasteiger charge is 2.35. The number of nitrogens with zero attached hydrogens (tertiary/aromatic N) is 1. The molecule has 1 saturated carbocycles. The van der Waals surface area contributed by atoms with Crippen LogP contribution in [0.25, 0.3) is 0 Å². The molecule has 1 aliphatic carbocycles. The van der Waals surface area contributed by atoms with Gasteiger partial charge in [0.2, 0.25) is 0 Å². The second-order valence-corrected chi connectivity index (χ2v) is 4.26. The predicted octanol–water partition coefficient (Wildman–Crippen LogP) is 1.58. The molecule has 0 unspecified atom stereocenters. The molecule has 13 heavy (non-hydrogen) atoms. The van der Waals surface area contributed by atoms with Crippen molar-refractivity contribution in [2.75, 3.05) is 13.5 Å². The van der Waals surface area contributed by atoms with Crippen molar-refractivity contribution in [2.45, 2.75) is 51.3 Å². The van der Waals surface area contributed by atoms with Crippen LogP contribution in [0.3, 0.4) is 0 Å². The van der Waals surface area contributed by atoms with Crippen molar-refractivity contribution in [3.8, 4) is 0 Å². The van der Waals surface area contributed by atoms with E-state index in [1.54, 1.807) is 0 Å². The molecule has 76 valence electrons. The van der Waals surface area contributed by atoms with E-state index in [0.717, 1.165) is 6.73 Å². The first-order valence-electron chi connectivity index (χ1n) is 5.24. The Balaban J connectivity index is 2.06. The summed E-state index contributed by atoms with van der Waals surface area (Å²) in [6, 6.07) is 1.16. The third-order valence-electron chi connectivity index (χ3n) is 3.11. The Morgan fingerprint density at radius 1 is 1.31 bits per heavy atom. The molecule has 0 aromatic carbocycles. The summed E-state index contributed by atoms with van der Waals surface area (Å²) in [5, 5.41) is 0. The van der Waals surface area contributed by atoms with Gasteiger partial charge in [-0.05, 0) is 33.1 Å². The zero-order chi connectivity index (χ0) is 9.26. The van der Waals surface area contributed by atoms with E-state index in [2.05, 4.69) is 18.7 Å². The Morgan fingerprint density at radius 3 is 2.92 bits per heavy atom. The molecule has 3 nitrogen and oxygen atoms in total. The van der Waals surface area contributed by atoms with Crippen molar-refractivity contribution in [3.05, 3.63) is 0 Å². The first-order chi connectivity index (χ1) is 6.29. The van der Waals surface area contributed by atoms with E-state index in [-0.39, 0.29) is 0 Å². The van der Waals surface area contributed by atoms with E-state index in [9.17, 15) is 0 Å². The summed E-state index contributed by atoms with van der Waals surface area (Å²) >= 11 is 0. The maximum Gasteiger partial charge on any atom is 0.148 e. The lowest BCUT2D eigenvalue weighted by Crippen LogP contribution is -2.44. The molecular weight excluding hydrogens is 166 g/mol. The fourth-order valence-electron chi connectivity index (χ4n) is 2.39. The molecule has 2 fully saturated rings. The van der Waals surface area contributed by atoms with Gasteiger partial charge in [-0.1, -0.05) is 0 Å². The minimum atomic E-state index is 0.421. The Kier molecular flexibility index (Phi) is 2.86. The van der Waals surface area contributed by atoms with Gasteiger partial charge in [0.05, 0.1) is 6.10 Å². The van der Waals surface area contributed by atoms with Gasteiger partial charge in [-0.25, -0.2) is 0 Å². The smallest absolute Gasteiger partial charge is 0.148 e. The van der Waals surface area contributed by atoms with Crippen LogP contribution in [0.5, 0.6) is 0 Å². The van der Waals surface area contributed by atoms with Crippen LogP contribution >= 0.6 is 0 Å². The van der Waals surface area contributed by atoms with Gasteiger partial charge < -0.3 is 9.47 Å². The summed E-state index contributed by atoms with van der Waals surface area (Å²) in [5.74, 6) is 0. The number of rotatable bonds is 1. The SMILES string of the molecule is CC(C)N1COCO[C@H]2CCC[C@@H]21. The standard InChI is InChI=1S/C10H19NO2/c1-8(2)11-6-12-7-13-10-5-3-4-9(10)11/h8-10H,3-7H2,1-2H3/t9-,10-/m0/s1. The highest BCUT2D eigenvalue weighted by atomic mass is 16.7. The van der Waals surface area contributed by atoms with Crippen LogP contribution in [0.4, 0.5) is 0 Å². The van der Waals surface area contributed by atoms with Crippen molar-refractivity contribution in [1.82, 2.24) is 4.90 Å². The number of fused-ring (bicyclic) bond motifs is 1. The number of ether oxygens (including phenoxy) is 2. The summed E-state index contributed by atoms with van der Waals surface area (Å²) in [5.41, 5.74) is 0. The number of hydrogen-bond acceptors (Lipinski definition) is 3. The Bertz CT molecular complexity index is 172. The lowest BCUT2D eigenvalue weighted by atomic mass is 10.1. The van der Waals surface area contributed by atoms with E-state index in [4.69, 9.17) is 9.47 Å². The van der Waals surface area contributed by atoms with Gasteiger partial charge in [0.1, 0.15) is 13.5 Å². The highest BCUT2D eigenvalue weighted by Crippen LogP contribution is 2.29. The van der Waals surface area contributed by atoms with E-state index in [1.165, 1.54) is 19.3 Å². The van der Waals surface area contributed by atoms with Gasteiger partial charge >= 0.3 is 0 Å². The topological polar surface area (TPSA) is 21.7 Å². The summed E-state index contributed by atoms with van der Waals surface area (Å²) in [4.78, 5) is 2.42. The third kappa shape index (κ3) is 1.87. The van der Waals surface area contributed by atoms with Crippen molar-refractivity contribution in [3.63, 3.8) is 0 Å². The van der Waals surface area contributed by atoms with Gasteiger partial charge in [-0.2, -0.15) is 0 Å². The normalized spacial score (nSPS) is 36.2. The fourth-order valence-corrected chi connectivity index (χ4v) is 2.39. The van der Waals surface area contributed by atoms with Gasteiger partial charge in [0.25, 0.3) is 0 Å². The highest BCUT2D eigenvalue weighted by molar-refractivity contribution is 4.87. The number of hydrogen-bond donors (Lipinski definition) is 0. The fraction of sp³-hybridized carbons (Fsp3) is 1.00. The molecule has 3 heteroatoms. The Labute approximate surface area is 80.0 Å². The zero-order valence-electron chi connectivity index (χ0n) is 8.53. The van der Waals surface area contributed by atoms with Crippen LogP contribution in [0.1, 0.15) is 33.1 Å². The lowest BCUT2D eigenvalue weighted by molar-refractivity contribution is -0.0731. The molecule has 0 amide bonds. The average Bonchev–Trinajstić information content (AvgIpc) is 2.44. The van der Waals surface area contributed by atoms with E-state index < -0.39 is 0 Å². The largest absolute Gasteiger partial charge is 0.350 e.